The third kappa shape index (κ3) is 6.43. The first-order chi connectivity index (χ1) is 19.4. The topological polar surface area (TPSA) is 104 Å². The molecular weight excluding hydrogens is 533 g/mol. The Hall–Kier alpha value is -3.95. The molecule has 0 spiro atoms. The summed E-state index contributed by atoms with van der Waals surface area (Å²) in [5.74, 6) is 0.478. The number of hydrogen-bond donors (Lipinski definition) is 2. The van der Waals surface area contributed by atoms with Crippen LogP contribution in [-0.4, -0.2) is 39.9 Å². The number of carbonyl (C=O) groups is 1. The molecule has 5 rings (SSSR count). The molecule has 0 saturated carbocycles. The number of nitrogens with one attached hydrogen (secondary N) is 1. The highest BCUT2D eigenvalue weighted by molar-refractivity contribution is 6.32. The van der Waals surface area contributed by atoms with Gasteiger partial charge in [-0.25, -0.2) is 9.37 Å². The Morgan fingerprint density at radius 1 is 1.25 bits per heavy atom. The van der Waals surface area contributed by atoms with E-state index in [-0.39, 0.29) is 24.4 Å². The molecule has 1 aliphatic heterocycles. The number of benzene rings is 2. The molecule has 0 saturated heterocycles. The van der Waals surface area contributed by atoms with Crippen molar-refractivity contribution in [2.24, 2.45) is 0 Å². The second-order valence-corrected chi connectivity index (χ2v) is 10.2. The third-order valence-corrected chi connectivity index (χ3v) is 6.99. The smallest absolute Gasteiger partial charge is 0.222 e. The van der Waals surface area contributed by atoms with Crippen LogP contribution in [0.2, 0.25) is 5.02 Å². The number of aromatic nitrogens is 3. The number of aryl methyl sites for hydroxylation is 1. The van der Waals surface area contributed by atoms with Crippen molar-refractivity contribution >= 4 is 40.3 Å². The van der Waals surface area contributed by atoms with Gasteiger partial charge in [0, 0.05) is 36.3 Å². The fraction of sp³-hybridized carbons (Fsp3) is 0.300. The molecule has 3 heterocycles. The van der Waals surface area contributed by atoms with E-state index in [9.17, 15) is 9.18 Å². The van der Waals surface area contributed by atoms with E-state index in [2.05, 4.69) is 10.3 Å². The lowest BCUT2D eigenvalue weighted by Crippen LogP contribution is -2.34. The minimum atomic E-state index is -0.321. The van der Waals surface area contributed by atoms with Crippen molar-refractivity contribution in [3.8, 4) is 17.0 Å². The summed E-state index contributed by atoms with van der Waals surface area (Å²) in [5, 5.41) is 9.10. The summed E-state index contributed by atoms with van der Waals surface area (Å²) in [6, 6.07) is 11.6. The number of nitrogens with zero attached hydrogens (tertiary/aromatic N) is 3. The maximum Gasteiger partial charge on any atom is 0.222 e. The highest BCUT2D eigenvalue weighted by Crippen LogP contribution is 2.37. The molecule has 1 amide bonds. The summed E-state index contributed by atoms with van der Waals surface area (Å²) < 4.78 is 26.9. The van der Waals surface area contributed by atoms with E-state index in [0.717, 1.165) is 22.0 Å². The third-order valence-electron chi connectivity index (χ3n) is 6.69. The number of halogens is 2. The van der Waals surface area contributed by atoms with E-state index < -0.39 is 0 Å². The molecule has 0 bridgehead atoms. The second-order valence-electron chi connectivity index (χ2n) is 9.77. The molecule has 4 aromatic rings. The lowest BCUT2D eigenvalue weighted by molar-refractivity contribution is -0.122. The van der Waals surface area contributed by atoms with Crippen LogP contribution in [0.4, 0.5) is 10.2 Å². The van der Waals surface area contributed by atoms with Crippen LogP contribution >= 0.6 is 11.6 Å². The Bertz CT molecular complexity index is 1550. The van der Waals surface area contributed by atoms with Gasteiger partial charge in [0.2, 0.25) is 5.91 Å². The summed E-state index contributed by atoms with van der Waals surface area (Å²) in [4.78, 5) is 16.7. The van der Waals surface area contributed by atoms with Crippen LogP contribution in [0.15, 0.2) is 54.7 Å². The van der Waals surface area contributed by atoms with E-state index in [1.54, 1.807) is 30.5 Å². The maximum atomic E-state index is 13.5. The molecule has 1 aliphatic rings. The van der Waals surface area contributed by atoms with Gasteiger partial charge in [0.05, 0.1) is 29.1 Å². The van der Waals surface area contributed by atoms with Gasteiger partial charge in [-0.1, -0.05) is 35.9 Å². The largest absolute Gasteiger partial charge is 0.487 e. The van der Waals surface area contributed by atoms with Crippen LogP contribution in [0.1, 0.15) is 37.3 Å². The molecule has 2 aromatic heterocycles. The number of hydrogen-bond acceptors (Lipinski definition) is 6. The minimum absolute atomic E-state index is 0.0348. The molecule has 0 unspecified atom stereocenters. The number of ether oxygens (including phenoxy) is 2. The summed E-state index contributed by atoms with van der Waals surface area (Å²) in [5.41, 5.74) is 10.3. The molecule has 40 heavy (non-hydrogen) atoms. The van der Waals surface area contributed by atoms with Crippen LogP contribution in [0.3, 0.4) is 0 Å². The average molecular weight is 564 g/mol. The Labute approximate surface area is 236 Å². The van der Waals surface area contributed by atoms with Crippen LogP contribution < -0.4 is 15.8 Å². The van der Waals surface area contributed by atoms with Crippen molar-refractivity contribution < 1.29 is 18.7 Å². The van der Waals surface area contributed by atoms with Crippen LogP contribution in [-0.2, 0) is 22.7 Å². The van der Waals surface area contributed by atoms with Crippen LogP contribution in [0.5, 0.6) is 5.75 Å². The zero-order valence-electron chi connectivity index (χ0n) is 22.2. The lowest BCUT2D eigenvalue weighted by atomic mass is 10.1. The van der Waals surface area contributed by atoms with E-state index >= 15 is 0 Å². The van der Waals surface area contributed by atoms with Gasteiger partial charge in [0.15, 0.2) is 0 Å². The fourth-order valence-corrected chi connectivity index (χ4v) is 4.90. The number of nitrogens with two attached hydrogens (primary N) is 1. The SMILES string of the molecule is C[C@@H]1CCn2nc(-c3ccc(OCc4cccc(F)c4)c(Cl)c3)c3c(N)ncc(c32)/C=C/CCOCCC(=O)N1. The zero-order chi connectivity index (χ0) is 28.1. The van der Waals surface area contributed by atoms with Crippen molar-refractivity contribution in [1.82, 2.24) is 20.1 Å². The fourth-order valence-electron chi connectivity index (χ4n) is 4.67. The normalized spacial score (nSPS) is 17.6. The monoisotopic (exact) mass is 563 g/mol. The van der Waals surface area contributed by atoms with Crippen molar-refractivity contribution in [3.05, 3.63) is 76.7 Å². The number of amides is 1. The average Bonchev–Trinajstić information content (AvgIpc) is 3.32. The Balaban J connectivity index is 1.50. The Kier molecular flexibility index (Phi) is 8.62. The van der Waals surface area contributed by atoms with Crippen molar-refractivity contribution in [3.63, 3.8) is 0 Å². The van der Waals surface area contributed by atoms with E-state index in [4.69, 9.17) is 31.9 Å². The van der Waals surface area contributed by atoms with Crippen LogP contribution in [0, 0.1) is 5.82 Å². The van der Waals surface area contributed by atoms with Crippen molar-refractivity contribution in [2.75, 3.05) is 18.9 Å². The number of anilines is 1. The first-order valence-corrected chi connectivity index (χ1v) is 13.6. The summed E-state index contributed by atoms with van der Waals surface area (Å²) in [6.45, 7) is 3.62. The molecule has 10 heteroatoms. The number of carbonyl (C=O) groups excluding carboxylic acids is 1. The molecule has 3 N–H and O–H groups in total. The molecule has 0 radical (unpaired) electrons. The molecule has 0 fully saturated rings. The molecule has 2 aromatic carbocycles. The van der Waals surface area contributed by atoms with Gasteiger partial charge in [-0.15, -0.1) is 0 Å². The predicted molar refractivity (Wildman–Crippen MR) is 154 cm³/mol. The number of pyridine rings is 1. The first-order valence-electron chi connectivity index (χ1n) is 13.2. The minimum Gasteiger partial charge on any atom is -0.487 e. The highest BCUT2D eigenvalue weighted by Gasteiger charge is 2.20. The zero-order valence-corrected chi connectivity index (χ0v) is 23.0. The molecule has 0 aliphatic carbocycles. The molecule has 8 nitrogen and oxygen atoms in total. The van der Waals surface area contributed by atoms with Gasteiger partial charge in [-0.3, -0.25) is 9.48 Å². The lowest BCUT2D eigenvalue weighted by Gasteiger charge is -2.14. The van der Waals surface area contributed by atoms with E-state index in [1.807, 2.05) is 29.8 Å². The molecule has 208 valence electrons. The van der Waals surface area contributed by atoms with Crippen molar-refractivity contribution in [2.45, 2.75) is 45.4 Å². The first kappa shape index (κ1) is 27.6. The maximum absolute atomic E-state index is 13.5. The second kappa shape index (κ2) is 12.5. The Morgan fingerprint density at radius 2 is 2.12 bits per heavy atom. The van der Waals surface area contributed by atoms with Gasteiger partial charge in [0.25, 0.3) is 0 Å². The summed E-state index contributed by atoms with van der Waals surface area (Å²) >= 11 is 6.62. The summed E-state index contributed by atoms with van der Waals surface area (Å²) in [6.07, 6.45) is 7.46. The number of rotatable bonds is 4. The van der Waals surface area contributed by atoms with Gasteiger partial charge >= 0.3 is 0 Å². The van der Waals surface area contributed by atoms with Gasteiger partial charge in [-0.2, -0.15) is 5.10 Å². The van der Waals surface area contributed by atoms with Gasteiger partial charge < -0.3 is 20.5 Å². The van der Waals surface area contributed by atoms with Gasteiger partial charge in [-0.05, 0) is 55.7 Å². The Morgan fingerprint density at radius 3 is 2.95 bits per heavy atom. The standard InChI is InChI=1S/C30H31ClFN5O3/c1-19-10-12-37-29-22(6-2-3-13-39-14-11-26(38)35-19)17-34-30(33)27(29)28(36-37)21-8-9-25(24(31)16-21)40-18-20-5-4-7-23(32)15-20/h2,4-9,15-17,19H,3,10-14,18H2,1H3,(H2,33,34)(H,35,38)/b6-2+/t19-/m1/s1. The molecular formula is C30H31ClFN5O3. The predicted octanol–water partition coefficient (Wildman–Crippen LogP) is 5.77. The van der Waals surface area contributed by atoms with Crippen molar-refractivity contribution in [1.29, 1.82) is 0 Å². The van der Waals surface area contributed by atoms with Crippen LogP contribution in [0.25, 0.3) is 28.2 Å². The quantitative estimate of drug-likeness (QED) is 0.327. The van der Waals surface area contributed by atoms with E-state index in [0.29, 0.717) is 66.9 Å². The summed E-state index contributed by atoms with van der Waals surface area (Å²) in [7, 11) is 0. The van der Waals surface area contributed by atoms with E-state index in [1.165, 1.54) is 12.1 Å². The van der Waals surface area contributed by atoms with Gasteiger partial charge in [0.1, 0.15) is 29.7 Å². The highest BCUT2D eigenvalue weighted by atomic mass is 35.5. The number of nitrogen functional groups attached to an aromatic ring is 1. The molecule has 1 atom stereocenters.